The van der Waals surface area contributed by atoms with Gasteiger partial charge >= 0.3 is 5.69 Å². The van der Waals surface area contributed by atoms with Crippen LogP contribution >= 0.6 is 11.3 Å². The lowest BCUT2D eigenvalue weighted by Crippen LogP contribution is -1.99. The van der Waals surface area contributed by atoms with E-state index in [2.05, 4.69) is 5.16 Å². The molecule has 0 N–H and O–H groups in total. The normalized spacial score (nSPS) is 10.6. The molecular weight excluding hydrogens is 311 g/mol. The standard InChI is InChI=1S/C14H9FN2O4S/c15-9-3-4-11(17(18)19)12(6-9)20-8-10-7-13(21-16-10)14-2-1-5-22-14/h1-7H,8H2. The van der Waals surface area contributed by atoms with Crippen LogP contribution in [0.15, 0.2) is 46.3 Å². The van der Waals surface area contributed by atoms with Crippen molar-refractivity contribution in [3.05, 3.63) is 63.4 Å². The summed E-state index contributed by atoms with van der Waals surface area (Å²) in [6.07, 6.45) is 0. The van der Waals surface area contributed by atoms with E-state index in [0.717, 1.165) is 23.1 Å². The monoisotopic (exact) mass is 320 g/mol. The Balaban J connectivity index is 1.76. The fraction of sp³-hybridized carbons (Fsp3) is 0.0714. The van der Waals surface area contributed by atoms with Gasteiger partial charge in [-0.15, -0.1) is 11.3 Å². The summed E-state index contributed by atoms with van der Waals surface area (Å²) in [6.45, 7) is -0.0564. The minimum absolute atomic E-state index is 0.0564. The number of benzene rings is 1. The van der Waals surface area contributed by atoms with E-state index in [0.29, 0.717) is 11.5 Å². The van der Waals surface area contributed by atoms with Gasteiger partial charge in [0.05, 0.1) is 9.80 Å². The van der Waals surface area contributed by atoms with Crippen molar-refractivity contribution < 1.29 is 18.6 Å². The molecule has 1 aromatic carbocycles. The SMILES string of the molecule is O=[N+]([O-])c1ccc(F)cc1OCc1cc(-c2cccs2)on1. The van der Waals surface area contributed by atoms with E-state index in [-0.39, 0.29) is 18.0 Å². The maximum absolute atomic E-state index is 13.2. The molecule has 0 aliphatic heterocycles. The van der Waals surface area contributed by atoms with E-state index in [4.69, 9.17) is 9.26 Å². The Hall–Kier alpha value is -2.74. The van der Waals surface area contributed by atoms with Gasteiger partial charge in [-0.2, -0.15) is 0 Å². The Morgan fingerprint density at radius 2 is 2.23 bits per heavy atom. The third-order valence-corrected chi connectivity index (χ3v) is 3.70. The van der Waals surface area contributed by atoms with Crippen LogP contribution in [0.3, 0.4) is 0 Å². The van der Waals surface area contributed by atoms with Gasteiger partial charge in [-0.05, 0) is 17.5 Å². The average Bonchev–Trinajstić information content (AvgIpc) is 3.16. The van der Waals surface area contributed by atoms with Crippen molar-refractivity contribution >= 4 is 17.0 Å². The Kier molecular flexibility index (Phi) is 3.84. The predicted molar refractivity (Wildman–Crippen MR) is 77.2 cm³/mol. The molecule has 8 heteroatoms. The van der Waals surface area contributed by atoms with Crippen LogP contribution in [-0.4, -0.2) is 10.1 Å². The Morgan fingerprint density at radius 1 is 1.36 bits per heavy atom. The predicted octanol–water partition coefficient (Wildman–Crippen LogP) is 4.03. The highest BCUT2D eigenvalue weighted by molar-refractivity contribution is 7.13. The third-order valence-electron chi connectivity index (χ3n) is 2.82. The molecule has 0 unspecified atom stereocenters. The number of halogens is 1. The highest BCUT2D eigenvalue weighted by Crippen LogP contribution is 2.29. The molecule has 2 aromatic heterocycles. The first-order valence-corrected chi connectivity index (χ1v) is 7.07. The molecular formula is C14H9FN2O4S. The van der Waals surface area contributed by atoms with Crippen LogP contribution in [0.25, 0.3) is 10.6 Å². The molecule has 0 bridgehead atoms. The molecule has 3 rings (SSSR count). The summed E-state index contributed by atoms with van der Waals surface area (Å²) in [4.78, 5) is 11.2. The van der Waals surface area contributed by atoms with Crippen LogP contribution in [0.1, 0.15) is 5.69 Å². The highest BCUT2D eigenvalue weighted by Gasteiger charge is 2.17. The van der Waals surface area contributed by atoms with Crippen molar-refractivity contribution in [1.82, 2.24) is 5.16 Å². The number of rotatable bonds is 5. The van der Waals surface area contributed by atoms with E-state index < -0.39 is 10.7 Å². The van der Waals surface area contributed by atoms with Crippen molar-refractivity contribution in [1.29, 1.82) is 0 Å². The Bertz CT molecular complexity index is 801. The Morgan fingerprint density at radius 3 is 2.95 bits per heavy atom. The maximum Gasteiger partial charge on any atom is 0.311 e. The van der Waals surface area contributed by atoms with Crippen LogP contribution < -0.4 is 4.74 Å². The summed E-state index contributed by atoms with van der Waals surface area (Å²) in [7, 11) is 0. The highest BCUT2D eigenvalue weighted by atomic mass is 32.1. The number of aromatic nitrogens is 1. The third kappa shape index (κ3) is 2.96. The van der Waals surface area contributed by atoms with Gasteiger partial charge in [-0.3, -0.25) is 10.1 Å². The molecule has 0 atom stereocenters. The van der Waals surface area contributed by atoms with E-state index in [1.807, 2.05) is 17.5 Å². The summed E-state index contributed by atoms with van der Waals surface area (Å²) in [5.74, 6) is -0.173. The lowest BCUT2D eigenvalue weighted by molar-refractivity contribution is -0.386. The van der Waals surface area contributed by atoms with Crippen LogP contribution in [-0.2, 0) is 6.61 Å². The molecule has 3 aromatic rings. The van der Waals surface area contributed by atoms with E-state index >= 15 is 0 Å². The first-order chi connectivity index (χ1) is 10.6. The summed E-state index contributed by atoms with van der Waals surface area (Å²) in [5, 5.41) is 16.6. The fourth-order valence-corrected chi connectivity index (χ4v) is 2.49. The molecule has 0 saturated carbocycles. The second kappa shape index (κ2) is 5.94. The van der Waals surface area contributed by atoms with Gasteiger partial charge in [0.25, 0.3) is 0 Å². The molecule has 0 spiro atoms. The molecule has 0 amide bonds. The summed E-state index contributed by atoms with van der Waals surface area (Å²) >= 11 is 1.50. The number of hydrogen-bond acceptors (Lipinski definition) is 6. The molecule has 0 radical (unpaired) electrons. The van der Waals surface area contributed by atoms with E-state index in [1.54, 1.807) is 6.07 Å². The molecule has 22 heavy (non-hydrogen) atoms. The van der Waals surface area contributed by atoms with Gasteiger partial charge in [0.2, 0.25) is 0 Å². The number of nitrogens with zero attached hydrogens (tertiary/aromatic N) is 2. The summed E-state index contributed by atoms with van der Waals surface area (Å²) in [6, 6.07) is 8.48. The minimum Gasteiger partial charge on any atom is -0.480 e. The van der Waals surface area contributed by atoms with Gasteiger partial charge in [-0.25, -0.2) is 4.39 Å². The maximum atomic E-state index is 13.2. The zero-order chi connectivity index (χ0) is 15.5. The summed E-state index contributed by atoms with van der Waals surface area (Å²) < 4.78 is 23.7. The van der Waals surface area contributed by atoms with Crippen molar-refractivity contribution in [2.75, 3.05) is 0 Å². The number of ether oxygens (including phenoxy) is 1. The van der Waals surface area contributed by atoms with Gasteiger partial charge in [0.1, 0.15) is 18.1 Å². The molecule has 0 saturated heterocycles. The first-order valence-electron chi connectivity index (χ1n) is 6.19. The van der Waals surface area contributed by atoms with Crippen molar-refractivity contribution in [3.63, 3.8) is 0 Å². The zero-order valence-corrected chi connectivity index (χ0v) is 11.9. The molecule has 0 fully saturated rings. The van der Waals surface area contributed by atoms with Crippen LogP contribution in [0, 0.1) is 15.9 Å². The molecule has 112 valence electrons. The molecule has 0 aliphatic rings. The summed E-state index contributed by atoms with van der Waals surface area (Å²) in [5.41, 5.74) is 0.158. The largest absolute Gasteiger partial charge is 0.480 e. The first kappa shape index (κ1) is 14.2. The van der Waals surface area contributed by atoms with Crippen molar-refractivity contribution in [3.8, 4) is 16.4 Å². The van der Waals surface area contributed by atoms with Crippen molar-refractivity contribution in [2.45, 2.75) is 6.61 Å². The second-order valence-corrected chi connectivity index (χ2v) is 5.27. The van der Waals surface area contributed by atoms with Gasteiger partial charge in [0, 0.05) is 18.2 Å². The molecule has 0 aliphatic carbocycles. The number of nitro benzene ring substituents is 1. The topological polar surface area (TPSA) is 78.4 Å². The van der Waals surface area contributed by atoms with Crippen LogP contribution in [0.4, 0.5) is 10.1 Å². The van der Waals surface area contributed by atoms with Gasteiger partial charge < -0.3 is 9.26 Å². The number of thiophene rings is 1. The van der Waals surface area contributed by atoms with Crippen LogP contribution in [0.2, 0.25) is 0 Å². The zero-order valence-electron chi connectivity index (χ0n) is 11.1. The number of nitro groups is 1. The Labute approximate surface area is 127 Å². The quantitative estimate of drug-likeness (QED) is 0.524. The van der Waals surface area contributed by atoms with Crippen LogP contribution in [0.5, 0.6) is 5.75 Å². The lowest BCUT2D eigenvalue weighted by Gasteiger charge is -2.04. The average molecular weight is 320 g/mol. The van der Waals surface area contributed by atoms with Gasteiger partial charge in [-0.1, -0.05) is 11.2 Å². The van der Waals surface area contributed by atoms with E-state index in [9.17, 15) is 14.5 Å². The smallest absolute Gasteiger partial charge is 0.311 e. The van der Waals surface area contributed by atoms with Crippen molar-refractivity contribution in [2.24, 2.45) is 0 Å². The molecule has 6 nitrogen and oxygen atoms in total. The molecule has 2 heterocycles. The second-order valence-electron chi connectivity index (χ2n) is 4.32. The fourth-order valence-electron chi connectivity index (χ4n) is 1.82. The lowest BCUT2D eigenvalue weighted by atomic mass is 10.3. The van der Waals surface area contributed by atoms with Gasteiger partial charge in [0.15, 0.2) is 11.5 Å². The van der Waals surface area contributed by atoms with E-state index in [1.165, 1.54) is 11.3 Å². The minimum atomic E-state index is -0.630. The number of hydrogen-bond donors (Lipinski definition) is 0.